The first-order chi connectivity index (χ1) is 18.5. The summed E-state index contributed by atoms with van der Waals surface area (Å²) < 4.78 is 3.50. The van der Waals surface area contributed by atoms with Gasteiger partial charge in [0.05, 0.1) is 37.7 Å². The van der Waals surface area contributed by atoms with Gasteiger partial charge in [0.2, 0.25) is 0 Å². The molecule has 0 aliphatic carbocycles. The van der Waals surface area contributed by atoms with Gasteiger partial charge in [-0.15, -0.1) is 10.2 Å². The van der Waals surface area contributed by atoms with E-state index in [1.807, 2.05) is 67.0 Å². The first-order valence-corrected chi connectivity index (χ1v) is 12.5. The maximum absolute atomic E-state index is 13.0. The number of hydrogen-bond donors (Lipinski definition) is 2. The zero-order valence-corrected chi connectivity index (χ0v) is 20.6. The third-order valence-corrected chi connectivity index (χ3v) is 6.79. The molecular weight excluding hydrogens is 480 g/mol. The number of rotatable bonds is 0. The van der Waals surface area contributed by atoms with E-state index in [0.29, 0.717) is 46.7 Å². The van der Waals surface area contributed by atoms with E-state index >= 15 is 0 Å². The van der Waals surface area contributed by atoms with Crippen LogP contribution in [-0.2, 0) is 17.9 Å². The topological polar surface area (TPSA) is 119 Å². The van der Waals surface area contributed by atoms with E-state index in [2.05, 4.69) is 26.7 Å². The van der Waals surface area contributed by atoms with Crippen LogP contribution in [0, 0.1) is 0 Å². The van der Waals surface area contributed by atoms with Crippen molar-refractivity contribution in [2.45, 2.75) is 38.1 Å². The summed E-state index contributed by atoms with van der Waals surface area (Å²) in [5.41, 5.74) is 5.96. The molecule has 38 heavy (non-hydrogen) atoms. The molecule has 3 aromatic carbocycles. The number of carbonyl (C=O) groups is 1. The lowest BCUT2D eigenvalue weighted by Crippen LogP contribution is -2.12. The highest BCUT2D eigenvalue weighted by atomic mass is 16.3. The number of fused-ring (bicyclic) bond motifs is 10. The predicted octanol–water partition coefficient (Wildman–Crippen LogP) is 3.73. The summed E-state index contributed by atoms with van der Waals surface area (Å²) in [6, 6.07) is 22.8. The Balaban J connectivity index is 1.41. The molecule has 6 bridgehead atoms. The number of benzene rings is 3. The van der Waals surface area contributed by atoms with E-state index in [4.69, 9.17) is 0 Å². The van der Waals surface area contributed by atoms with Gasteiger partial charge in [-0.25, -0.2) is 9.36 Å². The molecule has 6 rings (SSSR count). The van der Waals surface area contributed by atoms with E-state index in [1.54, 1.807) is 21.5 Å². The fraction of sp³-hybridized carbons (Fsp3) is 0.207. The van der Waals surface area contributed by atoms with Crippen LogP contribution in [0.15, 0.2) is 85.2 Å². The van der Waals surface area contributed by atoms with Gasteiger partial charge in [0, 0.05) is 24.0 Å². The lowest BCUT2D eigenvalue weighted by molar-refractivity contribution is -0.123. The van der Waals surface area contributed by atoms with Crippen molar-refractivity contribution < 1.29 is 15.0 Å². The molecule has 2 N–H and O–H groups in total. The largest absolute Gasteiger partial charge is 0.388 e. The molecule has 0 saturated heterocycles. The Hall–Kier alpha value is -4.47. The quantitative estimate of drug-likeness (QED) is 0.328. The minimum Gasteiger partial charge on any atom is -0.388 e. The summed E-state index contributed by atoms with van der Waals surface area (Å²) in [6.45, 7) is 1.05. The molecule has 0 radical (unpaired) electrons. The van der Waals surface area contributed by atoms with E-state index in [0.717, 1.165) is 11.1 Å². The molecule has 9 heteroatoms. The Bertz CT molecular complexity index is 1490. The molecule has 2 atom stereocenters. The molecule has 0 fully saturated rings. The summed E-state index contributed by atoms with van der Waals surface area (Å²) in [5.74, 6) is -0.255. The number of nitrogens with zero attached hydrogens (tertiary/aromatic N) is 6. The Morgan fingerprint density at radius 2 is 1.13 bits per heavy atom. The number of carbonyl (C=O) groups excluding carboxylic acids is 1. The zero-order chi connectivity index (χ0) is 26.1. The van der Waals surface area contributed by atoms with Crippen molar-refractivity contribution in [3.63, 3.8) is 0 Å². The molecule has 1 aliphatic rings. The average Bonchev–Trinajstić information content (AvgIpc) is 3.58. The van der Waals surface area contributed by atoms with Crippen LogP contribution in [0.25, 0.3) is 22.5 Å². The van der Waals surface area contributed by atoms with Gasteiger partial charge < -0.3 is 10.2 Å². The predicted molar refractivity (Wildman–Crippen MR) is 140 cm³/mol. The fourth-order valence-corrected chi connectivity index (χ4v) is 4.97. The Kier molecular flexibility index (Phi) is 6.36. The highest BCUT2D eigenvalue weighted by Crippen LogP contribution is 2.32. The number of ketones is 1. The molecule has 0 saturated carbocycles. The van der Waals surface area contributed by atoms with Crippen LogP contribution in [0.2, 0.25) is 0 Å². The monoisotopic (exact) mass is 506 g/mol. The van der Waals surface area contributed by atoms with Gasteiger partial charge in [-0.2, -0.15) is 0 Å². The molecular formula is C29H26N6O3. The summed E-state index contributed by atoms with van der Waals surface area (Å²) in [5, 5.41) is 39.3. The zero-order valence-electron chi connectivity index (χ0n) is 20.6. The molecule has 5 aromatic rings. The normalized spacial score (nSPS) is 17.9. The Morgan fingerprint density at radius 1 is 0.658 bits per heavy atom. The van der Waals surface area contributed by atoms with E-state index in [9.17, 15) is 15.0 Å². The van der Waals surface area contributed by atoms with Crippen molar-refractivity contribution >= 4 is 5.78 Å². The molecule has 9 nitrogen and oxygen atoms in total. The second-order valence-electron chi connectivity index (χ2n) is 9.58. The summed E-state index contributed by atoms with van der Waals surface area (Å²) in [6.07, 6.45) is 1.31. The van der Waals surface area contributed by atoms with E-state index in [-0.39, 0.29) is 18.6 Å². The van der Waals surface area contributed by atoms with Crippen LogP contribution >= 0.6 is 0 Å². The molecule has 190 valence electrons. The first kappa shape index (κ1) is 23.9. The van der Waals surface area contributed by atoms with Crippen LogP contribution in [-0.4, -0.2) is 46.0 Å². The van der Waals surface area contributed by atoms with Crippen LogP contribution in [0.1, 0.15) is 47.3 Å². The van der Waals surface area contributed by atoms with Gasteiger partial charge in [0.15, 0.2) is 0 Å². The SMILES string of the molecule is O=C1C[C@@H](O)c2ccccc2-c2cn(nn2)Cc2cccc(c2)Cn2cc(nn2)-c2ccccc2[C@H](O)C1. The van der Waals surface area contributed by atoms with Gasteiger partial charge >= 0.3 is 0 Å². The highest BCUT2D eigenvalue weighted by molar-refractivity contribution is 5.81. The van der Waals surface area contributed by atoms with Crippen molar-refractivity contribution in [2.24, 2.45) is 0 Å². The van der Waals surface area contributed by atoms with Gasteiger partial charge in [-0.3, -0.25) is 4.79 Å². The van der Waals surface area contributed by atoms with Crippen molar-refractivity contribution in [3.05, 3.63) is 107 Å². The van der Waals surface area contributed by atoms with Crippen molar-refractivity contribution in [2.75, 3.05) is 0 Å². The third kappa shape index (κ3) is 4.89. The number of hydrogen-bond acceptors (Lipinski definition) is 7. The van der Waals surface area contributed by atoms with Gasteiger partial charge in [-0.05, 0) is 22.3 Å². The molecule has 3 heterocycles. The second kappa shape index (κ2) is 10.1. The minimum atomic E-state index is -1.05. The summed E-state index contributed by atoms with van der Waals surface area (Å²) >= 11 is 0. The number of aromatic nitrogens is 6. The van der Waals surface area contributed by atoms with Gasteiger partial charge in [0.25, 0.3) is 0 Å². The fourth-order valence-electron chi connectivity index (χ4n) is 4.97. The third-order valence-electron chi connectivity index (χ3n) is 6.79. The average molecular weight is 507 g/mol. The molecule has 0 spiro atoms. The summed E-state index contributed by atoms with van der Waals surface area (Å²) in [7, 11) is 0. The van der Waals surface area contributed by atoms with Crippen LogP contribution in [0.4, 0.5) is 0 Å². The Morgan fingerprint density at radius 3 is 1.63 bits per heavy atom. The standard InChI is InChI=1S/C29H26N6O3/c36-21-13-28(37)24-10-3-1-8-22(24)26-17-34(32-30-26)15-19-6-5-7-20(12-19)16-35-18-27(31-33-35)23-9-2-4-11-25(23)29(38)14-21/h1-12,17-18,28-29,37-38H,13-16H2/t28-,29-/m1/s1. The highest BCUT2D eigenvalue weighted by Gasteiger charge is 2.23. The number of aliphatic hydroxyl groups excluding tert-OH is 2. The smallest absolute Gasteiger partial charge is 0.138 e. The first-order valence-electron chi connectivity index (χ1n) is 12.5. The molecule has 1 aliphatic heterocycles. The van der Waals surface area contributed by atoms with Gasteiger partial charge in [0.1, 0.15) is 17.2 Å². The second-order valence-corrected chi connectivity index (χ2v) is 9.58. The van der Waals surface area contributed by atoms with Crippen molar-refractivity contribution in [1.29, 1.82) is 0 Å². The lowest BCUT2D eigenvalue weighted by Gasteiger charge is -2.17. The Labute approximate surface area is 219 Å². The number of aliphatic hydroxyl groups is 2. The molecule has 2 aromatic heterocycles. The maximum Gasteiger partial charge on any atom is 0.138 e. The van der Waals surface area contributed by atoms with E-state index < -0.39 is 12.2 Å². The summed E-state index contributed by atoms with van der Waals surface area (Å²) in [4.78, 5) is 13.0. The molecule has 0 amide bonds. The van der Waals surface area contributed by atoms with Crippen molar-refractivity contribution in [1.82, 2.24) is 30.0 Å². The van der Waals surface area contributed by atoms with Crippen LogP contribution < -0.4 is 0 Å². The van der Waals surface area contributed by atoms with Crippen molar-refractivity contribution in [3.8, 4) is 22.5 Å². The van der Waals surface area contributed by atoms with E-state index in [1.165, 1.54) is 0 Å². The van der Waals surface area contributed by atoms with Crippen LogP contribution in [0.5, 0.6) is 0 Å². The maximum atomic E-state index is 13.0. The lowest BCUT2D eigenvalue weighted by atomic mass is 9.93. The molecule has 0 unspecified atom stereocenters. The number of Topliss-reactive ketones (excluding diaryl/α,β-unsaturated/α-hetero) is 1. The van der Waals surface area contributed by atoms with Gasteiger partial charge in [-0.1, -0.05) is 83.2 Å². The minimum absolute atomic E-state index is 0.132. The van der Waals surface area contributed by atoms with Crippen LogP contribution in [0.3, 0.4) is 0 Å².